The zero-order valence-corrected chi connectivity index (χ0v) is 23.7. The second kappa shape index (κ2) is 10.9. The molecule has 0 N–H and O–H groups in total. The first-order valence-corrected chi connectivity index (χ1v) is 14.3. The largest absolute Gasteiger partial charge is 0.477 e. The molecule has 4 aliphatic carbocycles. The van der Waals surface area contributed by atoms with E-state index in [1.807, 2.05) is 26.1 Å². The summed E-state index contributed by atoms with van der Waals surface area (Å²) in [4.78, 5) is 37.1. The molecule has 204 valence electrons. The van der Waals surface area contributed by atoms with Crippen molar-refractivity contribution in [3.8, 4) is 5.88 Å². The van der Waals surface area contributed by atoms with Gasteiger partial charge in [-0.1, -0.05) is 33.8 Å². The van der Waals surface area contributed by atoms with Gasteiger partial charge < -0.3 is 9.53 Å². The van der Waals surface area contributed by atoms with Crippen LogP contribution in [0.3, 0.4) is 0 Å². The van der Waals surface area contributed by atoms with Gasteiger partial charge in [-0.15, -0.1) is 0 Å². The van der Waals surface area contributed by atoms with E-state index < -0.39 is 0 Å². The first-order chi connectivity index (χ1) is 17.4. The third kappa shape index (κ3) is 6.61. The average Bonchev–Trinajstić information content (AvgIpc) is 3.19. The van der Waals surface area contributed by atoms with Crippen molar-refractivity contribution in [2.24, 2.45) is 40.4 Å². The molecule has 4 bridgehead atoms. The molecule has 1 aromatic rings. The maximum Gasteiger partial charge on any atom is 0.227 e. The van der Waals surface area contributed by atoms with Crippen LogP contribution in [-0.2, 0) is 9.59 Å². The van der Waals surface area contributed by atoms with Crippen LogP contribution < -0.4 is 4.74 Å². The molecular formula is C31H46N2O4. The van der Waals surface area contributed by atoms with Gasteiger partial charge >= 0.3 is 0 Å². The van der Waals surface area contributed by atoms with Crippen LogP contribution in [0.5, 0.6) is 5.88 Å². The molecule has 2 atom stereocenters. The minimum Gasteiger partial charge on any atom is -0.477 e. The Kier molecular flexibility index (Phi) is 8.16. The van der Waals surface area contributed by atoms with E-state index >= 15 is 0 Å². The summed E-state index contributed by atoms with van der Waals surface area (Å²) in [5.41, 5.74) is 0.584. The number of hydrogen-bond donors (Lipinski definition) is 0. The lowest BCUT2D eigenvalue weighted by Gasteiger charge is -2.60. The normalized spacial score (nSPS) is 28.8. The second-order valence-corrected chi connectivity index (χ2v) is 13.7. The van der Waals surface area contributed by atoms with Gasteiger partial charge in [0.05, 0.1) is 18.4 Å². The molecule has 0 aliphatic heterocycles. The summed E-state index contributed by atoms with van der Waals surface area (Å²) in [6, 6.07) is 0. The first kappa shape index (κ1) is 27.8. The molecule has 1 aromatic heterocycles. The van der Waals surface area contributed by atoms with Crippen molar-refractivity contribution in [3.63, 3.8) is 0 Å². The second-order valence-electron chi connectivity index (χ2n) is 13.7. The van der Waals surface area contributed by atoms with Gasteiger partial charge in [0.1, 0.15) is 11.6 Å². The highest BCUT2D eigenvalue weighted by molar-refractivity contribution is 5.98. The van der Waals surface area contributed by atoms with Crippen LogP contribution in [0.25, 0.3) is 6.20 Å². The van der Waals surface area contributed by atoms with Crippen LogP contribution in [0.1, 0.15) is 110 Å². The third-order valence-electron chi connectivity index (χ3n) is 9.00. The van der Waals surface area contributed by atoms with E-state index in [2.05, 4.69) is 18.9 Å². The summed E-state index contributed by atoms with van der Waals surface area (Å²) in [6.45, 7) is 12.0. The smallest absolute Gasteiger partial charge is 0.227 e. The molecule has 0 spiro atoms. The number of allylic oxidation sites excluding steroid dienone is 1. The fourth-order valence-corrected chi connectivity index (χ4v) is 7.71. The topological polar surface area (TPSA) is 78.3 Å². The first-order valence-electron chi connectivity index (χ1n) is 14.3. The van der Waals surface area contributed by atoms with E-state index in [0.717, 1.165) is 12.3 Å². The van der Waals surface area contributed by atoms with Crippen LogP contribution in [0.4, 0.5) is 0 Å². The average molecular weight is 511 g/mol. The molecule has 1 heterocycles. The maximum absolute atomic E-state index is 13.7. The van der Waals surface area contributed by atoms with Gasteiger partial charge in [-0.25, -0.2) is 4.68 Å². The summed E-state index contributed by atoms with van der Waals surface area (Å²) >= 11 is 0. The lowest BCUT2D eigenvalue weighted by atomic mass is 9.45. The molecule has 2 unspecified atom stereocenters. The Hall–Kier alpha value is -2.24. The SMILES string of the molecule is CC(=O)CCC12CC3CC(C1)C(CC(=O)c1cnn(/C=C/C(C)(C)CC(C)=O)c1OCC(C)C)C(C3)C2. The van der Waals surface area contributed by atoms with Gasteiger partial charge in [0.2, 0.25) is 5.88 Å². The maximum atomic E-state index is 13.7. The van der Waals surface area contributed by atoms with Gasteiger partial charge in [0, 0.05) is 25.5 Å². The molecule has 37 heavy (non-hydrogen) atoms. The number of Topliss-reactive ketones (excluding diaryl/α,β-unsaturated/α-hetero) is 3. The minimum atomic E-state index is -0.310. The van der Waals surface area contributed by atoms with E-state index in [-0.39, 0.29) is 17.0 Å². The van der Waals surface area contributed by atoms with Crippen molar-refractivity contribution in [1.29, 1.82) is 0 Å². The fraction of sp³-hybridized carbons (Fsp3) is 0.742. The molecule has 4 aliphatic rings. The van der Waals surface area contributed by atoms with Crippen LogP contribution in [-0.4, -0.2) is 33.7 Å². The number of ketones is 3. The highest BCUT2D eigenvalue weighted by atomic mass is 16.5. The minimum absolute atomic E-state index is 0.122. The third-order valence-corrected chi connectivity index (χ3v) is 9.00. The van der Waals surface area contributed by atoms with Crippen molar-refractivity contribution < 1.29 is 19.1 Å². The number of ether oxygens (including phenoxy) is 1. The van der Waals surface area contributed by atoms with E-state index in [9.17, 15) is 14.4 Å². The number of carbonyl (C=O) groups excluding carboxylic acids is 3. The molecule has 4 fully saturated rings. The molecule has 0 radical (unpaired) electrons. The Morgan fingerprint density at radius 3 is 2.41 bits per heavy atom. The molecule has 5 rings (SSSR count). The fourth-order valence-electron chi connectivity index (χ4n) is 7.71. The van der Waals surface area contributed by atoms with Crippen LogP contribution in [0, 0.1) is 40.4 Å². The Labute approximate surface area is 222 Å². The molecule has 0 saturated heterocycles. The molecular weight excluding hydrogens is 464 g/mol. The van der Waals surface area contributed by atoms with Gasteiger partial charge in [-0.05, 0) is 92.8 Å². The Morgan fingerprint density at radius 1 is 1.14 bits per heavy atom. The summed E-state index contributed by atoms with van der Waals surface area (Å²) in [6.07, 6.45) is 14.3. The standard InChI is InChI=1S/C31H46N2O4/c1-20(2)19-37-29-27(18-32-33(29)10-9-30(5,6)14-22(4)35)28(36)13-26-24-11-23-12-25(26)17-31(15-23,16-24)8-7-21(3)34/h9-10,18,20,23-26H,7-8,11-17,19H2,1-6H3/b10-9+. The van der Waals surface area contributed by atoms with E-state index in [4.69, 9.17) is 4.74 Å². The summed E-state index contributed by atoms with van der Waals surface area (Å²) in [5.74, 6) is 3.75. The number of aromatic nitrogens is 2. The summed E-state index contributed by atoms with van der Waals surface area (Å²) in [5, 5.41) is 4.50. The number of carbonyl (C=O) groups is 3. The quantitative estimate of drug-likeness (QED) is 0.273. The van der Waals surface area contributed by atoms with Gasteiger partial charge in [0.25, 0.3) is 0 Å². The zero-order valence-electron chi connectivity index (χ0n) is 23.7. The zero-order chi connectivity index (χ0) is 27.0. The highest BCUT2D eigenvalue weighted by Gasteiger charge is 2.55. The van der Waals surface area contributed by atoms with E-state index in [1.54, 1.807) is 24.7 Å². The van der Waals surface area contributed by atoms with Gasteiger partial charge in [-0.2, -0.15) is 5.10 Å². The lowest BCUT2D eigenvalue weighted by Crippen LogP contribution is -2.51. The predicted octanol–water partition coefficient (Wildman–Crippen LogP) is 6.78. The highest BCUT2D eigenvalue weighted by Crippen LogP contribution is 2.64. The van der Waals surface area contributed by atoms with Crippen LogP contribution in [0.15, 0.2) is 12.3 Å². The monoisotopic (exact) mass is 510 g/mol. The summed E-state index contributed by atoms with van der Waals surface area (Å²) < 4.78 is 7.80. The lowest BCUT2D eigenvalue weighted by molar-refractivity contribution is -0.122. The van der Waals surface area contributed by atoms with Crippen molar-refractivity contribution in [2.75, 3.05) is 6.61 Å². The van der Waals surface area contributed by atoms with Crippen molar-refractivity contribution in [2.45, 2.75) is 99.3 Å². The van der Waals surface area contributed by atoms with Crippen LogP contribution in [0.2, 0.25) is 0 Å². The molecule has 6 nitrogen and oxygen atoms in total. The molecule has 4 saturated carbocycles. The molecule has 0 aromatic carbocycles. The molecule has 0 amide bonds. The van der Waals surface area contributed by atoms with Gasteiger partial charge in [-0.3, -0.25) is 9.59 Å². The number of nitrogens with zero attached hydrogens (tertiary/aromatic N) is 2. The van der Waals surface area contributed by atoms with E-state index in [1.165, 1.54) is 32.1 Å². The van der Waals surface area contributed by atoms with Gasteiger partial charge in [0.15, 0.2) is 5.78 Å². The number of hydrogen-bond acceptors (Lipinski definition) is 5. The Morgan fingerprint density at radius 2 is 1.81 bits per heavy atom. The molecule has 6 heteroatoms. The van der Waals surface area contributed by atoms with E-state index in [0.29, 0.717) is 72.2 Å². The number of rotatable bonds is 13. The Bertz CT molecular complexity index is 1030. The van der Waals surface area contributed by atoms with Crippen molar-refractivity contribution in [3.05, 3.63) is 17.8 Å². The predicted molar refractivity (Wildman–Crippen MR) is 145 cm³/mol. The van der Waals surface area contributed by atoms with Crippen molar-refractivity contribution in [1.82, 2.24) is 9.78 Å². The Balaban J connectivity index is 1.50. The van der Waals surface area contributed by atoms with Crippen LogP contribution >= 0.6 is 0 Å². The van der Waals surface area contributed by atoms with Crippen molar-refractivity contribution >= 4 is 23.5 Å². The summed E-state index contributed by atoms with van der Waals surface area (Å²) in [7, 11) is 0.